The lowest BCUT2D eigenvalue weighted by atomic mass is 9.91. The number of nitrogens with zero attached hydrogens (tertiary/aromatic N) is 1. The first kappa shape index (κ1) is 18.6. The molecule has 27 heavy (non-hydrogen) atoms. The summed E-state index contributed by atoms with van der Waals surface area (Å²) in [5, 5.41) is 0. The molecule has 0 aliphatic carbocycles. The van der Waals surface area contributed by atoms with Gasteiger partial charge in [0.05, 0.1) is 0 Å². The van der Waals surface area contributed by atoms with Crippen LogP contribution in [0.3, 0.4) is 0 Å². The van der Waals surface area contributed by atoms with Crippen molar-refractivity contribution < 1.29 is 9.59 Å². The molecule has 0 saturated heterocycles. The average molecular weight is 357 g/mol. The highest BCUT2D eigenvalue weighted by Crippen LogP contribution is 2.23. The molecule has 1 atom stereocenters. The van der Waals surface area contributed by atoms with Gasteiger partial charge < -0.3 is 4.90 Å². The zero-order chi connectivity index (χ0) is 19.4. The van der Waals surface area contributed by atoms with Gasteiger partial charge in [-0.15, -0.1) is 0 Å². The van der Waals surface area contributed by atoms with E-state index in [1.807, 2.05) is 80.5 Å². The number of hydrogen-bond acceptors (Lipinski definition) is 3. The highest BCUT2D eigenvalue weighted by Gasteiger charge is 2.18. The number of Topliss-reactive ketones (excluding diaryl/α,β-unsaturated/α-hetero) is 1. The van der Waals surface area contributed by atoms with Gasteiger partial charge in [-0.2, -0.15) is 0 Å². The van der Waals surface area contributed by atoms with Crippen LogP contribution in [0.4, 0.5) is 5.69 Å². The summed E-state index contributed by atoms with van der Waals surface area (Å²) in [6.07, 6.45) is 0. The van der Waals surface area contributed by atoms with Crippen molar-refractivity contribution in [3.05, 3.63) is 101 Å². The second-order valence-corrected chi connectivity index (χ2v) is 6.84. The molecule has 0 saturated carbocycles. The summed E-state index contributed by atoms with van der Waals surface area (Å²) < 4.78 is 0. The number of carbonyl (C=O) groups excluding carboxylic acids is 2. The van der Waals surface area contributed by atoms with Crippen molar-refractivity contribution in [2.45, 2.75) is 12.8 Å². The van der Waals surface area contributed by atoms with Crippen LogP contribution in [0, 0.1) is 0 Å². The molecule has 0 aliphatic rings. The Labute approximate surface area is 160 Å². The largest absolute Gasteiger partial charge is 0.378 e. The number of benzene rings is 3. The van der Waals surface area contributed by atoms with Gasteiger partial charge in [0.1, 0.15) is 0 Å². The molecule has 3 heteroatoms. The molecule has 3 nitrogen and oxygen atoms in total. The predicted molar refractivity (Wildman–Crippen MR) is 110 cm³/mol. The summed E-state index contributed by atoms with van der Waals surface area (Å²) in [5.74, 6) is -0.209. The van der Waals surface area contributed by atoms with Crippen molar-refractivity contribution in [2.75, 3.05) is 19.0 Å². The molecule has 0 heterocycles. The molecular formula is C24H23NO2. The van der Waals surface area contributed by atoms with Gasteiger partial charge in [0.25, 0.3) is 0 Å². The molecule has 0 spiro atoms. The maximum Gasteiger partial charge on any atom is 0.193 e. The van der Waals surface area contributed by atoms with Gasteiger partial charge in [-0.3, -0.25) is 9.59 Å². The number of ketones is 2. The topological polar surface area (TPSA) is 37.4 Å². The van der Waals surface area contributed by atoms with Crippen molar-refractivity contribution in [3.63, 3.8) is 0 Å². The molecule has 3 aromatic rings. The fourth-order valence-electron chi connectivity index (χ4n) is 3.00. The third kappa shape index (κ3) is 4.14. The van der Waals surface area contributed by atoms with Gasteiger partial charge in [0.2, 0.25) is 0 Å². The van der Waals surface area contributed by atoms with E-state index in [2.05, 4.69) is 0 Å². The van der Waals surface area contributed by atoms with Gasteiger partial charge in [-0.05, 0) is 29.8 Å². The Hall–Kier alpha value is -3.20. The first-order valence-corrected chi connectivity index (χ1v) is 8.98. The average Bonchev–Trinajstić information content (AvgIpc) is 2.73. The Bertz CT molecular complexity index is 926. The third-order valence-electron chi connectivity index (χ3n) is 4.77. The molecule has 3 rings (SSSR count). The monoisotopic (exact) mass is 357 g/mol. The van der Waals surface area contributed by atoms with E-state index in [1.54, 1.807) is 24.3 Å². The first-order chi connectivity index (χ1) is 13.0. The van der Waals surface area contributed by atoms with E-state index in [9.17, 15) is 9.59 Å². The summed E-state index contributed by atoms with van der Waals surface area (Å²) in [6, 6.07) is 24.1. The van der Waals surface area contributed by atoms with Crippen LogP contribution in [0.2, 0.25) is 0 Å². The summed E-state index contributed by atoms with van der Waals surface area (Å²) in [7, 11) is 3.94. The van der Waals surface area contributed by atoms with Crippen molar-refractivity contribution >= 4 is 17.3 Å². The van der Waals surface area contributed by atoms with Crippen LogP contribution in [0.5, 0.6) is 0 Å². The van der Waals surface area contributed by atoms with Crippen molar-refractivity contribution in [1.82, 2.24) is 0 Å². The fraction of sp³-hybridized carbons (Fsp3) is 0.167. The number of carbonyl (C=O) groups is 2. The lowest BCUT2D eigenvalue weighted by molar-refractivity contribution is 0.0965. The van der Waals surface area contributed by atoms with Gasteiger partial charge >= 0.3 is 0 Å². The molecule has 0 bridgehead atoms. The summed E-state index contributed by atoms with van der Waals surface area (Å²) >= 11 is 0. The summed E-state index contributed by atoms with van der Waals surface area (Å²) in [4.78, 5) is 27.3. The Morgan fingerprint density at radius 1 is 0.704 bits per heavy atom. The summed E-state index contributed by atoms with van der Waals surface area (Å²) in [5.41, 5.74) is 3.94. The molecule has 0 amide bonds. The molecule has 1 unspecified atom stereocenters. The normalized spacial score (nSPS) is 11.7. The van der Waals surface area contributed by atoms with Crippen molar-refractivity contribution in [1.29, 1.82) is 0 Å². The Balaban J connectivity index is 1.76. The Kier molecular flexibility index (Phi) is 5.51. The molecule has 0 aromatic heterocycles. The van der Waals surface area contributed by atoms with Crippen LogP contribution in [-0.2, 0) is 0 Å². The summed E-state index contributed by atoms with van der Waals surface area (Å²) in [6.45, 7) is 1.90. The third-order valence-corrected chi connectivity index (χ3v) is 4.77. The maximum atomic E-state index is 12.8. The molecule has 136 valence electrons. The lowest BCUT2D eigenvalue weighted by Crippen LogP contribution is -2.12. The Morgan fingerprint density at radius 2 is 1.22 bits per heavy atom. The second kappa shape index (κ2) is 8.00. The van der Waals surface area contributed by atoms with Crippen molar-refractivity contribution in [3.8, 4) is 0 Å². The van der Waals surface area contributed by atoms with Crippen LogP contribution in [0.1, 0.15) is 44.7 Å². The molecule has 0 aliphatic heterocycles. The highest BCUT2D eigenvalue weighted by atomic mass is 16.1. The van der Waals surface area contributed by atoms with E-state index in [0.717, 1.165) is 11.3 Å². The predicted octanol–water partition coefficient (Wildman–Crippen LogP) is 4.97. The zero-order valence-electron chi connectivity index (χ0n) is 15.8. The molecular weight excluding hydrogens is 334 g/mol. The zero-order valence-corrected chi connectivity index (χ0v) is 15.8. The van der Waals surface area contributed by atoms with E-state index in [1.165, 1.54) is 0 Å². The van der Waals surface area contributed by atoms with Crippen LogP contribution >= 0.6 is 0 Å². The number of rotatable bonds is 6. The van der Waals surface area contributed by atoms with Crippen LogP contribution < -0.4 is 4.90 Å². The highest BCUT2D eigenvalue weighted by molar-refractivity contribution is 6.09. The van der Waals surface area contributed by atoms with E-state index < -0.39 is 0 Å². The smallest absolute Gasteiger partial charge is 0.193 e. The van der Waals surface area contributed by atoms with Gasteiger partial charge in [0.15, 0.2) is 11.6 Å². The minimum atomic E-state index is -0.268. The van der Waals surface area contributed by atoms with E-state index in [0.29, 0.717) is 16.7 Å². The van der Waals surface area contributed by atoms with Crippen LogP contribution in [0.15, 0.2) is 78.9 Å². The molecule has 0 radical (unpaired) electrons. The van der Waals surface area contributed by atoms with E-state index >= 15 is 0 Å². The SMILES string of the molecule is CC(C(=O)c1ccc(N(C)C)cc1)c1ccc(C(=O)c2ccccc2)cc1. The van der Waals surface area contributed by atoms with Gasteiger partial charge in [-0.25, -0.2) is 0 Å². The number of anilines is 1. The van der Waals surface area contributed by atoms with E-state index in [4.69, 9.17) is 0 Å². The lowest BCUT2D eigenvalue weighted by Gasteiger charge is -2.14. The van der Waals surface area contributed by atoms with E-state index in [-0.39, 0.29) is 17.5 Å². The minimum absolute atomic E-state index is 0.0135. The molecule has 0 N–H and O–H groups in total. The van der Waals surface area contributed by atoms with Gasteiger partial charge in [-0.1, -0.05) is 61.5 Å². The standard InChI is InChI=1S/C24H23NO2/c1-17(23(26)20-13-15-22(16-14-20)25(2)3)18-9-11-21(12-10-18)24(27)19-7-5-4-6-8-19/h4-17H,1-3H3. The van der Waals surface area contributed by atoms with Gasteiger partial charge in [0, 0.05) is 42.4 Å². The molecule has 3 aromatic carbocycles. The van der Waals surface area contributed by atoms with Crippen LogP contribution in [-0.4, -0.2) is 25.7 Å². The minimum Gasteiger partial charge on any atom is -0.378 e. The maximum absolute atomic E-state index is 12.8. The first-order valence-electron chi connectivity index (χ1n) is 8.98. The fourth-order valence-corrected chi connectivity index (χ4v) is 3.00. The van der Waals surface area contributed by atoms with Crippen LogP contribution in [0.25, 0.3) is 0 Å². The van der Waals surface area contributed by atoms with Crippen molar-refractivity contribution in [2.24, 2.45) is 0 Å². The second-order valence-electron chi connectivity index (χ2n) is 6.84. The molecule has 0 fully saturated rings. The Morgan fingerprint density at radius 3 is 1.78 bits per heavy atom. The number of hydrogen-bond donors (Lipinski definition) is 0. The quantitative estimate of drug-likeness (QED) is 0.585.